The minimum absolute atomic E-state index is 0.00872. The van der Waals surface area contributed by atoms with Gasteiger partial charge in [-0.25, -0.2) is 15.4 Å². The molecule has 11 heteroatoms. The molecule has 4 N–H and O–H groups in total. The van der Waals surface area contributed by atoms with Gasteiger partial charge in [-0.1, -0.05) is 11.6 Å². The quantitative estimate of drug-likeness (QED) is 0.464. The number of halogens is 1. The first kappa shape index (κ1) is 23.5. The number of carbonyl (C=O) groups excluding carboxylic acids is 1. The number of amides is 1. The number of anilines is 3. The first-order valence-electron chi connectivity index (χ1n) is 13.1. The molecule has 4 heterocycles. The number of nitrogens with one attached hydrogen (secondary N) is 3. The molecule has 5 aliphatic rings. The van der Waals surface area contributed by atoms with E-state index in [9.17, 15) is 9.90 Å². The molecule has 2 aliphatic carbocycles. The number of aliphatic hydroxyl groups is 1. The van der Waals surface area contributed by atoms with Crippen molar-refractivity contribution in [2.24, 2.45) is 17.8 Å². The summed E-state index contributed by atoms with van der Waals surface area (Å²) in [7, 11) is 3.57. The van der Waals surface area contributed by atoms with Crippen molar-refractivity contribution >= 4 is 34.8 Å². The van der Waals surface area contributed by atoms with Gasteiger partial charge in [-0.15, -0.1) is 0 Å². The van der Waals surface area contributed by atoms with E-state index in [1.54, 1.807) is 7.11 Å². The Labute approximate surface area is 220 Å². The summed E-state index contributed by atoms with van der Waals surface area (Å²) >= 11 is 6.64. The number of rotatable bonds is 5. The first-order valence-corrected chi connectivity index (χ1v) is 13.5. The molecule has 196 valence electrons. The fourth-order valence-corrected chi connectivity index (χ4v) is 7.56. The molecule has 37 heavy (non-hydrogen) atoms. The molecular formula is C26H32ClN7O3. The number of likely N-dealkylation sites (N-methyl/N-ethyl adjacent to an activating group) is 1. The van der Waals surface area contributed by atoms with Crippen molar-refractivity contribution in [2.45, 2.75) is 49.4 Å². The second kappa shape index (κ2) is 8.42. The van der Waals surface area contributed by atoms with E-state index in [4.69, 9.17) is 16.3 Å². The summed E-state index contributed by atoms with van der Waals surface area (Å²) in [5.74, 6) is 3.50. The maximum atomic E-state index is 13.4. The maximum Gasteiger partial charge on any atom is 0.237 e. The third-order valence-corrected chi connectivity index (χ3v) is 9.69. The summed E-state index contributed by atoms with van der Waals surface area (Å²) in [6.45, 7) is 1.06. The Hall–Kier alpha value is -2.66. The topological polar surface area (TPSA) is 115 Å². The number of aliphatic hydroxyl groups excluding tert-OH is 1. The normalized spacial score (nSPS) is 34.4. The second-order valence-electron chi connectivity index (χ2n) is 11.2. The summed E-state index contributed by atoms with van der Waals surface area (Å²) in [5.41, 5.74) is 8.68. The molecule has 6 atom stereocenters. The Kier molecular flexibility index (Phi) is 5.34. The number of aromatic nitrogens is 2. The van der Waals surface area contributed by atoms with Crippen LogP contribution < -0.4 is 30.7 Å². The lowest BCUT2D eigenvalue weighted by atomic mass is 9.74. The molecule has 0 bridgehead atoms. The van der Waals surface area contributed by atoms with Crippen LogP contribution in [0.1, 0.15) is 31.2 Å². The predicted octanol–water partition coefficient (Wildman–Crippen LogP) is 1.88. The van der Waals surface area contributed by atoms with Crippen LogP contribution in [-0.2, 0) is 10.2 Å². The van der Waals surface area contributed by atoms with Crippen LogP contribution in [0.2, 0.25) is 5.02 Å². The highest BCUT2D eigenvalue weighted by Gasteiger charge is 2.68. The van der Waals surface area contributed by atoms with Gasteiger partial charge in [0, 0.05) is 37.8 Å². The molecule has 2 saturated carbocycles. The molecule has 4 unspecified atom stereocenters. The molecule has 7 rings (SSSR count). The molecule has 2 saturated heterocycles. The van der Waals surface area contributed by atoms with Crippen LogP contribution in [0.5, 0.6) is 5.75 Å². The maximum absolute atomic E-state index is 13.4. The van der Waals surface area contributed by atoms with Crippen LogP contribution >= 0.6 is 11.6 Å². The summed E-state index contributed by atoms with van der Waals surface area (Å²) in [6, 6.07) is 6.32. The molecule has 1 aromatic carbocycles. The second-order valence-corrected chi connectivity index (χ2v) is 11.6. The molecule has 3 aliphatic heterocycles. The smallest absolute Gasteiger partial charge is 0.237 e. The average molecular weight is 526 g/mol. The molecule has 1 aromatic heterocycles. The summed E-state index contributed by atoms with van der Waals surface area (Å²) < 4.78 is 5.49. The van der Waals surface area contributed by atoms with E-state index < -0.39 is 5.41 Å². The number of hydrogen-bond donors (Lipinski definition) is 4. The number of hydrazine groups is 1. The Morgan fingerprint density at radius 1 is 1.24 bits per heavy atom. The van der Waals surface area contributed by atoms with Gasteiger partial charge in [-0.2, -0.15) is 0 Å². The van der Waals surface area contributed by atoms with Gasteiger partial charge in [0.15, 0.2) is 11.6 Å². The van der Waals surface area contributed by atoms with Gasteiger partial charge in [0.1, 0.15) is 17.1 Å². The van der Waals surface area contributed by atoms with E-state index in [-0.39, 0.29) is 18.2 Å². The van der Waals surface area contributed by atoms with E-state index in [1.165, 1.54) is 6.33 Å². The summed E-state index contributed by atoms with van der Waals surface area (Å²) in [6.07, 6.45) is 5.23. The highest BCUT2D eigenvalue weighted by molar-refractivity contribution is 6.35. The van der Waals surface area contributed by atoms with E-state index in [0.717, 1.165) is 42.7 Å². The van der Waals surface area contributed by atoms with Crippen LogP contribution in [0.25, 0.3) is 0 Å². The molecule has 4 fully saturated rings. The summed E-state index contributed by atoms with van der Waals surface area (Å²) in [4.78, 5) is 25.9. The lowest BCUT2D eigenvalue weighted by molar-refractivity contribution is -0.120. The highest BCUT2D eigenvalue weighted by Crippen LogP contribution is 2.66. The van der Waals surface area contributed by atoms with Crippen molar-refractivity contribution in [2.75, 3.05) is 42.4 Å². The SMILES string of the molecule is COc1ccc2c(c1)[C@]1(C[C@H]1C1CCC3C(C1)NNC3Nc1ncnc(N3CC(O)C3)c1Cl)C(=O)N2C. The van der Waals surface area contributed by atoms with Gasteiger partial charge in [-0.3, -0.25) is 10.2 Å². The van der Waals surface area contributed by atoms with Gasteiger partial charge >= 0.3 is 0 Å². The lowest BCUT2D eigenvalue weighted by Gasteiger charge is -2.37. The number of carbonyl (C=O) groups is 1. The molecule has 2 aromatic rings. The Morgan fingerprint density at radius 2 is 2.08 bits per heavy atom. The average Bonchev–Trinajstić information content (AvgIpc) is 3.48. The third-order valence-electron chi connectivity index (χ3n) is 9.34. The zero-order valence-electron chi connectivity index (χ0n) is 20.9. The molecule has 10 nitrogen and oxygen atoms in total. The largest absolute Gasteiger partial charge is 0.497 e. The minimum Gasteiger partial charge on any atom is -0.497 e. The Bertz CT molecular complexity index is 1260. The van der Waals surface area contributed by atoms with Crippen molar-refractivity contribution in [1.82, 2.24) is 20.8 Å². The van der Waals surface area contributed by atoms with Crippen molar-refractivity contribution in [3.05, 3.63) is 35.1 Å². The van der Waals surface area contributed by atoms with Crippen molar-refractivity contribution < 1.29 is 14.6 Å². The number of methoxy groups -OCH3 is 1. The van der Waals surface area contributed by atoms with Crippen LogP contribution in [0, 0.1) is 17.8 Å². The lowest BCUT2D eigenvalue weighted by Crippen LogP contribution is -2.51. The van der Waals surface area contributed by atoms with Gasteiger partial charge in [-0.05, 0) is 61.3 Å². The van der Waals surface area contributed by atoms with E-state index in [1.807, 2.05) is 29.0 Å². The van der Waals surface area contributed by atoms with Gasteiger partial charge in [0.25, 0.3) is 0 Å². The molecule has 0 radical (unpaired) electrons. The zero-order valence-corrected chi connectivity index (χ0v) is 21.7. The van der Waals surface area contributed by atoms with E-state index in [2.05, 4.69) is 32.2 Å². The van der Waals surface area contributed by atoms with E-state index >= 15 is 0 Å². The standard InChI is InChI=1S/C26H32ClN7O3/c1-33-20-6-4-15(37-2)8-17(20)26(25(33)36)9-18(26)13-3-5-16-19(7-13)31-32-22(16)30-23-21(27)24(29-12-28-23)34-10-14(35)11-34/h4,6,8,12-14,16,18-19,22,31-32,35H,3,5,7,9-11H2,1-2H3,(H,28,29,30)/t13?,16?,18-,19?,22?,26-/m0/s1. The highest BCUT2D eigenvalue weighted by atomic mass is 35.5. The monoisotopic (exact) mass is 525 g/mol. The van der Waals surface area contributed by atoms with Crippen LogP contribution in [-0.4, -0.2) is 66.5 Å². The third kappa shape index (κ3) is 3.46. The van der Waals surface area contributed by atoms with Gasteiger partial charge < -0.3 is 25.0 Å². The first-order chi connectivity index (χ1) is 17.9. The molecule has 1 spiro atoms. The number of β-amino-alcohol motifs (C(OH)–C–C–N with tert-alkyl or cyclic N) is 1. The number of nitrogens with zero attached hydrogens (tertiary/aromatic N) is 4. The number of hydrogen-bond acceptors (Lipinski definition) is 9. The van der Waals surface area contributed by atoms with Crippen molar-refractivity contribution in [1.29, 1.82) is 0 Å². The van der Waals surface area contributed by atoms with Crippen LogP contribution in [0.15, 0.2) is 24.5 Å². The number of ether oxygens (including phenoxy) is 1. The fourth-order valence-electron chi connectivity index (χ4n) is 7.29. The Balaban J connectivity index is 1.04. The predicted molar refractivity (Wildman–Crippen MR) is 140 cm³/mol. The van der Waals surface area contributed by atoms with Crippen molar-refractivity contribution in [3.8, 4) is 5.75 Å². The van der Waals surface area contributed by atoms with Crippen molar-refractivity contribution in [3.63, 3.8) is 0 Å². The Morgan fingerprint density at radius 3 is 2.86 bits per heavy atom. The van der Waals surface area contributed by atoms with Crippen LogP contribution in [0.3, 0.4) is 0 Å². The fraction of sp³-hybridized carbons (Fsp3) is 0.577. The van der Waals surface area contributed by atoms with E-state index in [0.29, 0.717) is 53.5 Å². The minimum atomic E-state index is -0.394. The zero-order chi connectivity index (χ0) is 25.5. The molecule has 1 amide bonds. The van der Waals surface area contributed by atoms with Gasteiger partial charge in [0.2, 0.25) is 5.91 Å². The number of fused-ring (bicyclic) bond motifs is 3. The van der Waals surface area contributed by atoms with Crippen LogP contribution in [0.4, 0.5) is 17.3 Å². The van der Waals surface area contributed by atoms with Gasteiger partial charge in [0.05, 0.1) is 24.8 Å². The molecular weight excluding hydrogens is 494 g/mol. The number of benzene rings is 1. The summed E-state index contributed by atoms with van der Waals surface area (Å²) in [5, 5.41) is 13.6.